The van der Waals surface area contributed by atoms with Gasteiger partial charge in [-0.3, -0.25) is 9.59 Å². The van der Waals surface area contributed by atoms with Crippen LogP contribution >= 0.6 is 0 Å². The molecule has 0 bridgehead atoms. The van der Waals surface area contributed by atoms with Crippen LogP contribution in [0.2, 0.25) is 0 Å². The number of rotatable bonds is 7. The lowest BCUT2D eigenvalue weighted by Gasteiger charge is -2.15. The summed E-state index contributed by atoms with van der Waals surface area (Å²) in [6.45, 7) is 4.45. The number of nitrogens with zero attached hydrogens (tertiary/aromatic N) is 4. The molecule has 154 valence electrons. The van der Waals surface area contributed by atoms with Crippen LogP contribution in [0.4, 0.5) is 5.69 Å². The minimum absolute atomic E-state index is 0.0444. The van der Waals surface area contributed by atoms with E-state index in [4.69, 9.17) is 0 Å². The Morgan fingerprint density at radius 3 is 2.67 bits per heavy atom. The monoisotopic (exact) mass is 403 g/mol. The Labute approximate surface area is 176 Å². The molecular weight excluding hydrogens is 378 g/mol. The molecule has 7 nitrogen and oxygen atoms in total. The Morgan fingerprint density at radius 2 is 1.90 bits per heavy atom. The molecule has 0 atom stereocenters. The molecule has 7 heteroatoms. The van der Waals surface area contributed by atoms with Crippen LogP contribution in [-0.2, 0) is 16.1 Å². The Bertz CT molecular complexity index is 1060. The van der Waals surface area contributed by atoms with Crippen molar-refractivity contribution in [2.24, 2.45) is 0 Å². The number of amides is 2. The molecule has 0 saturated carbocycles. The quantitative estimate of drug-likeness (QED) is 0.615. The number of hydrogen-bond donors (Lipinski definition) is 1. The van der Waals surface area contributed by atoms with E-state index in [0.717, 1.165) is 22.4 Å². The number of nitrogens with one attached hydrogen (secondary N) is 1. The number of hydrogen-bond acceptors (Lipinski definition) is 4. The predicted octanol–water partition coefficient (Wildman–Crippen LogP) is 3.05. The van der Waals surface area contributed by atoms with E-state index in [1.807, 2.05) is 62.4 Å². The summed E-state index contributed by atoms with van der Waals surface area (Å²) in [6.07, 6.45) is 4.75. The highest BCUT2D eigenvalue weighted by Gasteiger charge is 2.12. The van der Waals surface area contributed by atoms with Gasteiger partial charge in [0.2, 0.25) is 11.8 Å². The maximum Gasteiger partial charge on any atom is 0.246 e. The summed E-state index contributed by atoms with van der Waals surface area (Å²) in [7, 11) is 1.58. The Hall–Kier alpha value is -3.74. The molecule has 0 fully saturated rings. The van der Waals surface area contributed by atoms with Crippen molar-refractivity contribution in [3.05, 3.63) is 83.2 Å². The van der Waals surface area contributed by atoms with Crippen LogP contribution in [0.3, 0.4) is 0 Å². The minimum atomic E-state index is -0.288. The van der Waals surface area contributed by atoms with E-state index in [1.54, 1.807) is 24.0 Å². The van der Waals surface area contributed by atoms with Gasteiger partial charge in [-0.15, -0.1) is 5.10 Å². The molecule has 1 N–H and O–H groups in total. The van der Waals surface area contributed by atoms with Crippen molar-refractivity contribution in [3.63, 3.8) is 0 Å². The summed E-state index contributed by atoms with van der Waals surface area (Å²) >= 11 is 0. The molecule has 1 aromatic heterocycles. The first-order valence-corrected chi connectivity index (χ1v) is 9.65. The number of carbonyl (C=O) groups excluding carboxylic acids is 2. The number of likely N-dealkylation sites (N-methyl/N-ethyl adjacent to an activating group) is 1. The molecule has 1 heterocycles. The number of anilines is 1. The Balaban J connectivity index is 1.53. The van der Waals surface area contributed by atoms with E-state index in [1.165, 1.54) is 11.0 Å². The van der Waals surface area contributed by atoms with Gasteiger partial charge in [-0.05, 0) is 42.7 Å². The van der Waals surface area contributed by atoms with Crippen molar-refractivity contribution in [1.82, 2.24) is 19.9 Å². The minimum Gasteiger partial charge on any atom is -0.333 e. The second-order valence-electron chi connectivity index (χ2n) is 7.22. The zero-order valence-corrected chi connectivity index (χ0v) is 17.4. The van der Waals surface area contributed by atoms with Crippen molar-refractivity contribution < 1.29 is 9.59 Å². The van der Waals surface area contributed by atoms with Gasteiger partial charge in [-0.25, -0.2) is 4.68 Å². The molecule has 3 rings (SSSR count). The molecule has 0 spiro atoms. The summed E-state index contributed by atoms with van der Waals surface area (Å²) in [5.41, 5.74) is 4.48. The lowest BCUT2D eigenvalue weighted by Crippen LogP contribution is -2.34. The molecular formula is C23H25N5O2. The lowest BCUT2D eigenvalue weighted by molar-refractivity contribution is -0.129. The van der Waals surface area contributed by atoms with E-state index in [0.29, 0.717) is 12.2 Å². The maximum atomic E-state index is 12.3. The van der Waals surface area contributed by atoms with Crippen LogP contribution in [-0.4, -0.2) is 45.3 Å². The fraction of sp³-hybridized carbons (Fsp3) is 0.217. The van der Waals surface area contributed by atoms with Crippen molar-refractivity contribution in [2.45, 2.75) is 20.4 Å². The summed E-state index contributed by atoms with van der Waals surface area (Å²) in [6, 6.07) is 15.8. The largest absolute Gasteiger partial charge is 0.333 e. The van der Waals surface area contributed by atoms with Gasteiger partial charge < -0.3 is 10.2 Å². The van der Waals surface area contributed by atoms with Crippen LogP contribution in [0.5, 0.6) is 0 Å². The smallest absolute Gasteiger partial charge is 0.246 e. The van der Waals surface area contributed by atoms with Gasteiger partial charge in [-0.2, -0.15) is 0 Å². The van der Waals surface area contributed by atoms with Gasteiger partial charge in [-0.1, -0.05) is 47.7 Å². The average Bonchev–Trinajstić information content (AvgIpc) is 3.16. The third-order valence-corrected chi connectivity index (χ3v) is 4.56. The van der Waals surface area contributed by atoms with Crippen LogP contribution in [0.15, 0.2) is 60.8 Å². The van der Waals surface area contributed by atoms with Gasteiger partial charge in [0.15, 0.2) is 0 Å². The van der Waals surface area contributed by atoms with E-state index in [9.17, 15) is 9.59 Å². The van der Waals surface area contributed by atoms with Crippen molar-refractivity contribution in [2.75, 3.05) is 18.9 Å². The van der Waals surface area contributed by atoms with Crippen LogP contribution in [0.1, 0.15) is 22.4 Å². The molecule has 2 aromatic carbocycles. The molecule has 3 aromatic rings. The summed E-state index contributed by atoms with van der Waals surface area (Å²) < 4.78 is 1.71. The van der Waals surface area contributed by atoms with Crippen molar-refractivity contribution in [3.8, 4) is 0 Å². The van der Waals surface area contributed by atoms with Crippen molar-refractivity contribution in [1.29, 1.82) is 0 Å². The number of aromatic nitrogens is 3. The molecule has 0 unspecified atom stereocenters. The highest BCUT2D eigenvalue weighted by molar-refractivity contribution is 5.98. The fourth-order valence-electron chi connectivity index (χ4n) is 2.87. The zero-order chi connectivity index (χ0) is 21.5. The zero-order valence-electron chi connectivity index (χ0n) is 17.4. The van der Waals surface area contributed by atoms with E-state index in [2.05, 4.69) is 15.6 Å². The molecule has 0 saturated heterocycles. The summed E-state index contributed by atoms with van der Waals surface area (Å²) in [5.74, 6) is -0.537. The molecule has 0 radical (unpaired) electrons. The van der Waals surface area contributed by atoms with Gasteiger partial charge in [0.1, 0.15) is 5.69 Å². The van der Waals surface area contributed by atoms with Gasteiger partial charge in [0.25, 0.3) is 0 Å². The van der Waals surface area contributed by atoms with Crippen molar-refractivity contribution >= 4 is 23.6 Å². The summed E-state index contributed by atoms with van der Waals surface area (Å²) in [5, 5.41) is 11.0. The average molecular weight is 403 g/mol. The maximum absolute atomic E-state index is 12.3. The number of carbonyl (C=O) groups is 2. The molecule has 30 heavy (non-hydrogen) atoms. The second kappa shape index (κ2) is 9.65. The van der Waals surface area contributed by atoms with E-state index in [-0.39, 0.29) is 18.4 Å². The number of aryl methyl sites for hydroxylation is 2. The molecule has 0 aliphatic carbocycles. The molecule has 0 aliphatic rings. The Morgan fingerprint density at radius 1 is 1.13 bits per heavy atom. The predicted molar refractivity (Wildman–Crippen MR) is 117 cm³/mol. The van der Waals surface area contributed by atoms with Crippen LogP contribution < -0.4 is 5.32 Å². The fourth-order valence-corrected chi connectivity index (χ4v) is 2.87. The highest BCUT2D eigenvalue weighted by atomic mass is 16.2. The van der Waals surface area contributed by atoms with Gasteiger partial charge >= 0.3 is 0 Å². The van der Waals surface area contributed by atoms with Crippen LogP contribution in [0.25, 0.3) is 6.08 Å². The molecule has 0 aliphatic heterocycles. The first kappa shape index (κ1) is 21.0. The Kier molecular flexibility index (Phi) is 6.75. The van der Waals surface area contributed by atoms with E-state index >= 15 is 0 Å². The lowest BCUT2D eigenvalue weighted by atomic mass is 10.1. The number of benzene rings is 2. The topological polar surface area (TPSA) is 80.1 Å². The highest BCUT2D eigenvalue weighted by Crippen LogP contribution is 2.16. The van der Waals surface area contributed by atoms with Crippen LogP contribution in [0, 0.1) is 13.8 Å². The SMILES string of the molecule is Cc1ccc(C)c(NC(=O)CN(C)C(=O)/C=C/c2cn(Cc3ccccc3)nn2)c1. The molecule has 2 amide bonds. The first-order chi connectivity index (χ1) is 14.4. The second-order valence-corrected chi connectivity index (χ2v) is 7.22. The third kappa shape index (κ3) is 5.88. The van der Waals surface area contributed by atoms with E-state index < -0.39 is 0 Å². The van der Waals surface area contributed by atoms with Gasteiger partial charge in [0.05, 0.1) is 19.3 Å². The summed E-state index contributed by atoms with van der Waals surface area (Å²) in [4.78, 5) is 26.0. The standard InChI is InChI=1S/C23H25N5O2/c1-17-9-10-18(2)21(13-17)24-22(29)16-27(3)23(30)12-11-20-15-28(26-25-20)14-19-7-5-4-6-8-19/h4-13,15H,14,16H2,1-3H3,(H,24,29)/b12-11+. The normalized spacial score (nSPS) is 10.9. The first-order valence-electron chi connectivity index (χ1n) is 9.65. The van der Waals surface area contributed by atoms with Gasteiger partial charge in [0, 0.05) is 18.8 Å². The third-order valence-electron chi connectivity index (χ3n) is 4.56.